The van der Waals surface area contributed by atoms with Gasteiger partial charge in [0.2, 0.25) is 10.0 Å². The molecule has 5 rings (SSSR count). The number of nitrogens with zero attached hydrogens (tertiary/aromatic N) is 4. The van der Waals surface area contributed by atoms with Crippen molar-refractivity contribution in [1.29, 1.82) is 0 Å². The Labute approximate surface area is 186 Å². The smallest absolute Gasteiger partial charge is 0.254 e. The number of hydrogen-bond acceptors (Lipinski definition) is 6. The van der Waals surface area contributed by atoms with Gasteiger partial charge in [-0.15, -0.1) is 0 Å². The maximum atomic E-state index is 13.3. The highest BCUT2D eigenvalue weighted by atomic mass is 32.2. The average Bonchev–Trinajstić information content (AvgIpc) is 3.35. The Morgan fingerprint density at radius 2 is 1.94 bits per heavy atom. The summed E-state index contributed by atoms with van der Waals surface area (Å²) in [6, 6.07) is 8.68. The van der Waals surface area contributed by atoms with Crippen molar-refractivity contribution < 1.29 is 13.2 Å². The molecule has 0 radical (unpaired) electrons. The van der Waals surface area contributed by atoms with Crippen LogP contribution in [0.15, 0.2) is 42.9 Å². The van der Waals surface area contributed by atoms with Gasteiger partial charge in [-0.25, -0.2) is 18.4 Å². The van der Waals surface area contributed by atoms with Crippen LogP contribution < -0.4 is 9.62 Å². The zero-order valence-electron chi connectivity index (χ0n) is 17.9. The lowest BCUT2D eigenvalue weighted by atomic mass is 10.1. The van der Waals surface area contributed by atoms with E-state index in [-0.39, 0.29) is 17.2 Å². The van der Waals surface area contributed by atoms with Crippen LogP contribution in [0.4, 0.5) is 11.5 Å². The van der Waals surface area contributed by atoms with E-state index in [0.717, 1.165) is 36.2 Å². The molecule has 32 heavy (non-hydrogen) atoms. The lowest BCUT2D eigenvalue weighted by molar-refractivity contribution is 0.0624. The second kappa shape index (κ2) is 7.77. The van der Waals surface area contributed by atoms with E-state index in [4.69, 9.17) is 0 Å². The number of rotatable bonds is 6. The monoisotopic (exact) mass is 454 g/mol. The second-order valence-electron chi connectivity index (χ2n) is 8.54. The molecule has 3 heterocycles. The van der Waals surface area contributed by atoms with Gasteiger partial charge in [-0.3, -0.25) is 9.52 Å². The molecule has 3 aromatic rings. The molecule has 0 atom stereocenters. The molecule has 1 saturated heterocycles. The summed E-state index contributed by atoms with van der Waals surface area (Å²) in [6.45, 7) is 3.87. The molecule has 1 aliphatic carbocycles. The summed E-state index contributed by atoms with van der Waals surface area (Å²) < 4.78 is 26.5. The van der Waals surface area contributed by atoms with Crippen molar-refractivity contribution in [2.75, 3.05) is 35.0 Å². The zero-order valence-corrected chi connectivity index (χ0v) is 18.7. The summed E-state index contributed by atoms with van der Waals surface area (Å²) in [6.07, 6.45) is 5.91. The molecule has 1 aromatic carbocycles. The van der Waals surface area contributed by atoms with Gasteiger partial charge in [0.1, 0.15) is 17.8 Å². The van der Waals surface area contributed by atoms with Crippen molar-refractivity contribution in [3.8, 4) is 0 Å². The van der Waals surface area contributed by atoms with E-state index in [1.165, 1.54) is 0 Å². The fourth-order valence-corrected chi connectivity index (χ4v) is 5.63. The van der Waals surface area contributed by atoms with E-state index in [2.05, 4.69) is 24.6 Å². The van der Waals surface area contributed by atoms with E-state index >= 15 is 0 Å². The summed E-state index contributed by atoms with van der Waals surface area (Å²) in [4.78, 5) is 29.4. The van der Waals surface area contributed by atoms with Crippen molar-refractivity contribution in [3.05, 3.63) is 48.4 Å². The average molecular weight is 455 g/mol. The van der Waals surface area contributed by atoms with Crippen LogP contribution in [0.3, 0.4) is 0 Å². The largest absolute Gasteiger partial charge is 0.352 e. The minimum absolute atomic E-state index is 0.0143. The molecule has 168 valence electrons. The van der Waals surface area contributed by atoms with Crippen LogP contribution in [0.2, 0.25) is 0 Å². The van der Waals surface area contributed by atoms with Crippen molar-refractivity contribution in [1.82, 2.24) is 19.9 Å². The summed E-state index contributed by atoms with van der Waals surface area (Å²) in [5.74, 6) is 0.958. The summed E-state index contributed by atoms with van der Waals surface area (Å²) in [5, 5.41) is 0.990. The number of aromatic nitrogens is 3. The Balaban J connectivity index is 1.31. The normalized spacial score (nSPS) is 17.7. The minimum Gasteiger partial charge on any atom is -0.352 e. The Kier molecular flexibility index (Phi) is 5.04. The Hall–Kier alpha value is -3.14. The molecule has 9 nitrogen and oxygen atoms in total. The summed E-state index contributed by atoms with van der Waals surface area (Å²) >= 11 is 0. The van der Waals surface area contributed by atoms with Crippen LogP contribution in [0, 0.1) is 0 Å². The number of fused-ring (bicyclic) bond motifs is 1. The molecule has 2 N–H and O–H groups in total. The first-order valence-corrected chi connectivity index (χ1v) is 12.5. The number of carbonyl (C=O) groups excluding carboxylic acids is 1. The molecular formula is C22H26N6O3S. The standard InChI is InChI=1S/C22H26N6O3S/c1-2-13-32(30,31)26-17-5-3-16(4-6-17)21(29)28-12-11-27(14-22(28)8-9-22)20-18-7-10-23-19(18)24-15-25-20/h3-7,10,15,26H,2,8-9,11-14H2,1H3,(H,23,24,25). The number of aromatic amines is 1. The number of benzene rings is 1. The molecule has 2 fully saturated rings. The molecule has 1 amide bonds. The molecule has 1 saturated carbocycles. The lowest BCUT2D eigenvalue weighted by Gasteiger charge is -2.43. The molecule has 0 unspecified atom stereocenters. The predicted molar refractivity (Wildman–Crippen MR) is 123 cm³/mol. The van der Waals surface area contributed by atoms with Crippen LogP contribution >= 0.6 is 0 Å². The van der Waals surface area contributed by atoms with Crippen LogP contribution in [0.25, 0.3) is 11.0 Å². The highest BCUT2D eigenvalue weighted by Gasteiger charge is 2.53. The number of anilines is 2. The SMILES string of the molecule is CCCS(=O)(=O)Nc1ccc(C(=O)N2CCN(c3ncnc4[nH]ccc34)CC23CC3)cc1. The van der Waals surface area contributed by atoms with E-state index in [9.17, 15) is 13.2 Å². The van der Waals surface area contributed by atoms with E-state index < -0.39 is 10.0 Å². The Morgan fingerprint density at radius 3 is 2.66 bits per heavy atom. The number of hydrogen-bond donors (Lipinski definition) is 2. The van der Waals surface area contributed by atoms with Gasteiger partial charge in [0, 0.05) is 37.1 Å². The first-order chi connectivity index (χ1) is 15.4. The number of sulfonamides is 1. The van der Waals surface area contributed by atoms with Crippen molar-refractivity contribution in [3.63, 3.8) is 0 Å². The quantitative estimate of drug-likeness (QED) is 0.592. The maximum Gasteiger partial charge on any atom is 0.254 e. The van der Waals surface area contributed by atoms with E-state index in [1.54, 1.807) is 30.6 Å². The number of carbonyl (C=O) groups is 1. The highest BCUT2D eigenvalue weighted by Crippen LogP contribution is 2.46. The van der Waals surface area contributed by atoms with Gasteiger partial charge in [0.05, 0.1) is 16.7 Å². The summed E-state index contributed by atoms with van der Waals surface area (Å²) in [7, 11) is -3.35. The fourth-order valence-electron chi connectivity index (χ4n) is 4.49. The first-order valence-electron chi connectivity index (χ1n) is 10.9. The van der Waals surface area contributed by atoms with Gasteiger partial charge >= 0.3 is 0 Å². The molecule has 10 heteroatoms. The van der Waals surface area contributed by atoms with Gasteiger partial charge in [-0.05, 0) is 49.6 Å². The van der Waals surface area contributed by atoms with Crippen molar-refractivity contribution >= 4 is 38.5 Å². The third kappa shape index (κ3) is 3.79. The van der Waals surface area contributed by atoms with Gasteiger partial charge in [-0.2, -0.15) is 0 Å². The van der Waals surface area contributed by atoms with Crippen LogP contribution in [0.1, 0.15) is 36.5 Å². The lowest BCUT2D eigenvalue weighted by Crippen LogP contribution is -2.57. The molecule has 1 spiro atoms. The number of nitrogens with one attached hydrogen (secondary N) is 2. The van der Waals surface area contributed by atoms with Crippen LogP contribution in [-0.2, 0) is 10.0 Å². The second-order valence-corrected chi connectivity index (χ2v) is 10.4. The molecule has 0 bridgehead atoms. The number of piperazine rings is 1. The first kappa shape index (κ1) is 20.7. The van der Waals surface area contributed by atoms with Gasteiger partial charge in [0.25, 0.3) is 5.91 Å². The Morgan fingerprint density at radius 1 is 1.16 bits per heavy atom. The highest BCUT2D eigenvalue weighted by molar-refractivity contribution is 7.92. The molecular weight excluding hydrogens is 428 g/mol. The third-order valence-corrected chi connectivity index (χ3v) is 7.73. The van der Waals surface area contributed by atoms with Gasteiger partial charge in [-0.1, -0.05) is 6.92 Å². The molecule has 1 aliphatic heterocycles. The topological polar surface area (TPSA) is 111 Å². The zero-order chi connectivity index (χ0) is 22.3. The molecule has 2 aromatic heterocycles. The predicted octanol–water partition coefficient (Wildman–Crippen LogP) is 2.60. The van der Waals surface area contributed by atoms with Crippen LogP contribution in [0.5, 0.6) is 0 Å². The van der Waals surface area contributed by atoms with Crippen molar-refractivity contribution in [2.45, 2.75) is 31.7 Å². The van der Waals surface area contributed by atoms with Gasteiger partial charge < -0.3 is 14.8 Å². The van der Waals surface area contributed by atoms with Crippen molar-refractivity contribution in [2.24, 2.45) is 0 Å². The number of H-pyrrole nitrogens is 1. The minimum atomic E-state index is -3.35. The van der Waals surface area contributed by atoms with E-state index in [0.29, 0.717) is 30.8 Å². The summed E-state index contributed by atoms with van der Waals surface area (Å²) in [5.41, 5.74) is 1.68. The third-order valence-electron chi connectivity index (χ3n) is 6.23. The number of amides is 1. The van der Waals surface area contributed by atoms with E-state index in [1.807, 2.05) is 24.1 Å². The Bertz CT molecular complexity index is 1250. The fraction of sp³-hybridized carbons (Fsp3) is 0.409. The van der Waals surface area contributed by atoms with Gasteiger partial charge in [0.15, 0.2) is 0 Å². The molecule has 2 aliphatic rings. The van der Waals surface area contributed by atoms with Crippen LogP contribution in [-0.4, -0.2) is 65.1 Å². The maximum absolute atomic E-state index is 13.3.